The Labute approximate surface area is 169 Å². The quantitative estimate of drug-likeness (QED) is 0.307. The Hall–Kier alpha value is -1.08. The number of benzene rings is 1. The van der Waals surface area contributed by atoms with Crippen LogP contribution in [0.15, 0.2) is 36.9 Å². The van der Waals surface area contributed by atoms with Gasteiger partial charge in [0.25, 0.3) is 0 Å². The van der Waals surface area contributed by atoms with Gasteiger partial charge in [0.15, 0.2) is 0 Å². The first-order chi connectivity index (χ1) is 12.1. The molecule has 1 N–H and O–H groups in total. The zero-order valence-corrected chi connectivity index (χ0v) is 18.2. The highest BCUT2D eigenvalue weighted by Gasteiger charge is 2.14. The molecule has 2 nitrogen and oxygen atoms in total. The third-order valence-corrected chi connectivity index (χ3v) is 4.57. The average molecular weight is 381 g/mol. The summed E-state index contributed by atoms with van der Waals surface area (Å²) in [4.78, 5) is 0. The third kappa shape index (κ3) is 17.7. The zero-order chi connectivity index (χ0) is 18.8. The largest absolute Gasteiger partial charge is 1.00 e. The maximum atomic E-state index is 5.85. The molecule has 0 aromatic heterocycles. The number of quaternary nitrogens is 1. The molecular formula is C23H41ClN2. The van der Waals surface area contributed by atoms with E-state index >= 15 is 0 Å². The summed E-state index contributed by atoms with van der Waals surface area (Å²) in [7, 11) is 4.72. The van der Waals surface area contributed by atoms with E-state index in [1.54, 1.807) is 5.87 Å². The summed E-state index contributed by atoms with van der Waals surface area (Å²) in [6.07, 6.45) is 14.2. The minimum absolute atomic E-state index is 0. The number of rotatable bonds is 13. The van der Waals surface area contributed by atoms with Gasteiger partial charge in [-0.15, -0.1) is 0 Å². The van der Waals surface area contributed by atoms with E-state index in [0.717, 1.165) is 11.0 Å². The van der Waals surface area contributed by atoms with Gasteiger partial charge in [0, 0.05) is 5.56 Å². The van der Waals surface area contributed by atoms with Crippen molar-refractivity contribution in [1.82, 2.24) is 0 Å². The van der Waals surface area contributed by atoms with E-state index in [1.165, 1.54) is 76.3 Å². The van der Waals surface area contributed by atoms with Crippen LogP contribution in [0.2, 0.25) is 0 Å². The van der Waals surface area contributed by atoms with Gasteiger partial charge < -0.3 is 16.9 Å². The first kappa shape index (κ1) is 27.1. The average Bonchev–Trinajstić information content (AvgIpc) is 2.58. The van der Waals surface area contributed by atoms with E-state index < -0.39 is 0 Å². The lowest BCUT2D eigenvalue weighted by atomic mass is 10.1. The van der Waals surface area contributed by atoms with E-state index in [1.807, 2.05) is 0 Å². The van der Waals surface area contributed by atoms with Crippen LogP contribution in [0.25, 0.3) is 0 Å². The molecule has 3 heteroatoms. The van der Waals surface area contributed by atoms with Gasteiger partial charge in [-0.05, 0) is 25.3 Å². The predicted octanol–water partition coefficient (Wildman–Crippen LogP) is 3.61. The lowest BCUT2D eigenvalue weighted by molar-refractivity contribution is -0.903. The second kappa shape index (κ2) is 18.7. The van der Waals surface area contributed by atoms with Crippen molar-refractivity contribution in [2.75, 3.05) is 20.6 Å². The normalized spacial score (nSPS) is 10.3. The van der Waals surface area contributed by atoms with Crippen LogP contribution in [-0.2, 0) is 6.54 Å². The van der Waals surface area contributed by atoms with Gasteiger partial charge in [-0.2, -0.15) is 0 Å². The molecule has 0 aliphatic heterocycles. The SMILES string of the molecule is C=C=N.CCCCCCCCCCCC[N+](C)(C)Cc1ccccc1.[Cl-]. The number of unbranched alkanes of at least 4 members (excludes halogenated alkanes) is 9. The minimum atomic E-state index is 0. The van der Waals surface area contributed by atoms with Crippen LogP contribution in [0.1, 0.15) is 76.7 Å². The molecule has 0 atom stereocenters. The van der Waals surface area contributed by atoms with Gasteiger partial charge >= 0.3 is 0 Å². The van der Waals surface area contributed by atoms with Gasteiger partial charge in [0.1, 0.15) is 6.54 Å². The molecule has 0 radical (unpaired) electrons. The van der Waals surface area contributed by atoms with Gasteiger partial charge in [-0.25, -0.2) is 0 Å². The molecule has 150 valence electrons. The van der Waals surface area contributed by atoms with Gasteiger partial charge in [-0.1, -0.05) is 88.6 Å². The fourth-order valence-corrected chi connectivity index (χ4v) is 3.18. The van der Waals surface area contributed by atoms with Crippen molar-refractivity contribution in [2.45, 2.75) is 77.7 Å². The molecular weight excluding hydrogens is 340 g/mol. The molecule has 0 bridgehead atoms. The van der Waals surface area contributed by atoms with Crippen LogP contribution in [0.3, 0.4) is 0 Å². The Morgan fingerprint density at radius 1 is 0.846 bits per heavy atom. The molecule has 26 heavy (non-hydrogen) atoms. The fraction of sp³-hybridized carbons (Fsp3) is 0.652. The first-order valence-electron chi connectivity index (χ1n) is 10.1. The number of hydrogen-bond acceptors (Lipinski definition) is 1. The van der Waals surface area contributed by atoms with Crippen LogP contribution in [0.5, 0.6) is 0 Å². The molecule has 0 fully saturated rings. The molecule has 0 spiro atoms. The Morgan fingerprint density at radius 2 is 1.27 bits per heavy atom. The van der Waals surface area contributed by atoms with E-state index in [4.69, 9.17) is 5.41 Å². The van der Waals surface area contributed by atoms with Crippen LogP contribution < -0.4 is 12.4 Å². The molecule has 0 unspecified atom stereocenters. The highest BCUT2D eigenvalue weighted by atomic mass is 35.5. The zero-order valence-electron chi connectivity index (χ0n) is 17.4. The number of nitrogens with zero attached hydrogens (tertiary/aromatic N) is 1. The maximum Gasteiger partial charge on any atom is 0.104 e. The monoisotopic (exact) mass is 380 g/mol. The molecule has 0 amide bonds. The second-order valence-corrected chi connectivity index (χ2v) is 7.66. The summed E-state index contributed by atoms with van der Waals surface area (Å²) in [5, 5.41) is 5.85. The van der Waals surface area contributed by atoms with Crippen LogP contribution in [0.4, 0.5) is 0 Å². The summed E-state index contributed by atoms with van der Waals surface area (Å²) in [6.45, 7) is 7.64. The summed E-state index contributed by atoms with van der Waals surface area (Å²) < 4.78 is 1.11. The smallest absolute Gasteiger partial charge is 0.104 e. The third-order valence-electron chi connectivity index (χ3n) is 4.57. The second-order valence-electron chi connectivity index (χ2n) is 7.66. The van der Waals surface area contributed by atoms with Crippen LogP contribution in [0, 0.1) is 5.41 Å². The van der Waals surface area contributed by atoms with Crippen molar-refractivity contribution in [1.29, 1.82) is 5.41 Å². The number of nitrogens with one attached hydrogen (secondary N) is 1. The molecule has 1 aromatic rings. The number of hydrogen-bond donors (Lipinski definition) is 1. The Bertz CT molecular complexity index is 437. The summed E-state index contributed by atoms with van der Waals surface area (Å²) in [5.41, 5.74) is 1.46. The van der Waals surface area contributed by atoms with Crippen LogP contribution >= 0.6 is 0 Å². The summed E-state index contributed by atoms with van der Waals surface area (Å²) >= 11 is 0. The highest BCUT2D eigenvalue weighted by molar-refractivity contribution is 5.41. The van der Waals surface area contributed by atoms with Gasteiger partial charge in [0.2, 0.25) is 0 Å². The van der Waals surface area contributed by atoms with Crippen molar-refractivity contribution in [3.63, 3.8) is 0 Å². The minimum Gasteiger partial charge on any atom is -1.00 e. The Balaban J connectivity index is 0. The Kier molecular flexibility index (Phi) is 19.5. The predicted molar refractivity (Wildman–Crippen MR) is 112 cm³/mol. The van der Waals surface area contributed by atoms with Crippen molar-refractivity contribution in [2.24, 2.45) is 0 Å². The van der Waals surface area contributed by atoms with E-state index in [9.17, 15) is 0 Å². The topological polar surface area (TPSA) is 23.9 Å². The molecule has 0 heterocycles. The molecule has 1 rings (SSSR count). The molecule has 1 aromatic carbocycles. The molecule has 0 saturated carbocycles. The summed E-state index contributed by atoms with van der Waals surface area (Å²) in [6, 6.07) is 10.9. The van der Waals surface area contributed by atoms with Crippen molar-refractivity contribution in [3.05, 3.63) is 42.5 Å². The lowest BCUT2D eigenvalue weighted by Gasteiger charge is -2.30. The van der Waals surface area contributed by atoms with Crippen molar-refractivity contribution in [3.8, 4) is 0 Å². The highest BCUT2D eigenvalue weighted by Crippen LogP contribution is 2.13. The van der Waals surface area contributed by atoms with E-state index in [2.05, 4.69) is 57.9 Å². The summed E-state index contributed by atoms with van der Waals surface area (Å²) in [5.74, 6) is 1.75. The first-order valence-corrected chi connectivity index (χ1v) is 10.1. The Morgan fingerprint density at radius 3 is 1.73 bits per heavy atom. The van der Waals surface area contributed by atoms with Crippen LogP contribution in [-0.4, -0.2) is 31.0 Å². The van der Waals surface area contributed by atoms with Crippen molar-refractivity contribution >= 4 is 5.87 Å². The molecule has 0 aliphatic rings. The molecule has 0 saturated heterocycles. The maximum absolute atomic E-state index is 5.85. The lowest BCUT2D eigenvalue weighted by Crippen LogP contribution is -3.00. The van der Waals surface area contributed by atoms with Gasteiger partial charge in [-0.3, -0.25) is 5.41 Å². The fourth-order valence-electron chi connectivity index (χ4n) is 3.18. The van der Waals surface area contributed by atoms with E-state index in [-0.39, 0.29) is 12.4 Å². The van der Waals surface area contributed by atoms with Crippen molar-refractivity contribution < 1.29 is 16.9 Å². The van der Waals surface area contributed by atoms with E-state index in [0.29, 0.717) is 0 Å². The standard InChI is InChI=1S/C21H38N.C2H3N.ClH/c1-4-5-6-7-8-9-10-11-12-16-19-22(2,3)20-21-17-14-13-15-18-21;1-2-3;/h13-15,17-18H,4-12,16,19-20H2,1-3H3;3H,1H2;1H/q+1;;/p-1. The number of halogens is 1. The van der Waals surface area contributed by atoms with Gasteiger partial charge in [0.05, 0.1) is 20.6 Å². The molecule has 0 aliphatic carbocycles.